The third kappa shape index (κ3) is 4.75. The van der Waals surface area contributed by atoms with Crippen LogP contribution in [-0.2, 0) is 0 Å². The second-order valence-electron chi connectivity index (χ2n) is 5.54. The predicted molar refractivity (Wildman–Crippen MR) is 66.9 cm³/mol. The molecule has 0 fully saturated rings. The van der Waals surface area contributed by atoms with Gasteiger partial charge in [-0.05, 0) is 43.0 Å². The zero-order chi connectivity index (χ0) is 12.2. The van der Waals surface area contributed by atoms with Crippen LogP contribution in [-0.4, -0.2) is 6.54 Å². The Morgan fingerprint density at radius 1 is 1.19 bits per heavy atom. The summed E-state index contributed by atoms with van der Waals surface area (Å²) in [6.07, 6.45) is 1.14. The van der Waals surface area contributed by atoms with Gasteiger partial charge in [0, 0.05) is 6.04 Å². The van der Waals surface area contributed by atoms with Gasteiger partial charge in [-0.15, -0.1) is 0 Å². The van der Waals surface area contributed by atoms with Crippen molar-refractivity contribution >= 4 is 0 Å². The lowest BCUT2D eigenvalue weighted by molar-refractivity contribution is 0.358. The van der Waals surface area contributed by atoms with Crippen LogP contribution in [0.5, 0.6) is 0 Å². The molecule has 0 amide bonds. The minimum absolute atomic E-state index is 0.175. The average Bonchev–Trinajstić information content (AvgIpc) is 2.16. The number of hydrogen-bond acceptors (Lipinski definition) is 1. The molecule has 0 saturated carbocycles. The summed E-state index contributed by atoms with van der Waals surface area (Å²) in [5.74, 6) is -0.175. The fourth-order valence-corrected chi connectivity index (χ4v) is 1.53. The molecular weight excluding hydrogens is 201 g/mol. The summed E-state index contributed by atoms with van der Waals surface area (Å²) >= 11 is 0. The maximum absolute atomic E-state index is 12.7. The molecule has 1 atom stereocenters. The van der Waals surface area contributed by atoms with Crippen molar-refractivity contribution in [3.8, 4) is 0 Å². The lowest BCUT2D eigenvalue weighted by atomic mass is 9.92. The number of halogens is 1. The molecule has 1 rings (SSSR count). The third-order valence-corrected chi connectivity index (χ3v) is 2.70. The topological polar surface area (TPSA) is 12.0 Å². The molecule has 1 unspecified atom stereocenters. The Labute approximate surface area is 98.1 Å². The first-order valence-corrected chi connectivity index (χ1v) is 5.87. The summed E-state index contributed by atoms with van der Waals surface area (Å²) in [5, 5.41) is 3.45. The lowest BCUT2D eigenvalue weighted by Gasteiger charge is -2.20. The predicted octanol–water partition coefficient (Wildman–Crippen LogP) is 3.91. The van der Waals surface area contributed by atoms with Crippen molar-refractivity contribution in [2.75, 3.05) is 6.54 Å². The summed E-state index contributed by atoms with van der Waals surface area (Å²) in [4.78, 5) is 0. The Balaban J connectivity index is 2.41. The molecule has 0 bridgehead atoms. The minimum atomic E-state index is -0.175. The minimum Gasteiger partial charge on any atom is -0.310 e. The summed E-state index contributed by atoms with van der Waals surface area (Å²) < 4.78 is 12.7. The smallest absolute Gasteiger partial charge is 0.123 e. The van der Waals surface area contributed by atoms with Crippen LogP contribution < -0.4 is 5.32 Å². The second kappa shape index (κ2) is 5.44. The number of hydrogen-bond donors (Lipinski definition) is 1. The molecule has 1 N–H and O–H groups in total. The molecule has 0 aliphatic carbocycles. The van der Waals surface area contributed by atoms with E-state index in [2.05, 4.69) is 33.0 Å². The third-order valence-electron chi connectivity index (χ3n) is 2.70. The highest BCUT2D eigenvalue weighted by molar-refractivity contribution is 5.19. The van der Waals surface area contributed by atoms with Crippen molar-refractivity contribution in [2.45, 2.75) is 40.2 Å². The molecule has 90 valence electrons. The van der Waals surface area contributed by atoms with Gasteiger partial charge in [-0.1, -0.05) is 32.9 Å². The van der Waals surface area contributed by atoms with E-state index in [1.165, 1.54) is 12.1 Å². The standard InChI is InChI=1S/C14H22FN/c1-11(16-10-9-14(2,3)4)12-5-7-13(15)8-6-12/h5-8,11,16H,9-10H2,1-4H3. The average molecular weight is 223 g/mol. The van der Waals surface area contributed by atoms with E-state index in [1.54, 1.807) is 0 Å². The zero-order valence-corrected chi connectivity index (χ0v) is 10.7. The molecule has 0 aromatic heterocycles. The normalized spacial score (nSPS) is 13.8. The molecule has 2 heteroatoms. The van der Waals surface area contributed by atoms with Crippen LogP contribution in [0.2, 0.25) is 0 Å². The molecule has 0 heterocycles. The zero-order valence-electron chi connectivity index (χ0n) is 10.7. The van der Waals surface area contributed by atoms with Gasteiger partial charge in [0.15, 0.2) is 0 Å². The van der Waals surface area contributed by atoms with Crippen LogP contribution in [0.3, 0.4) is 0 Å². The lowest BCUT2D eigenvalue weighted by Crippen LogP contribution is -2.23. The molecule has 0 spiro atoms. The highest BCUT2D eigenvalue weighted by Gasteiger charge is 2.11. The van der Waals surface area contributed by atoms with Crippen molar-refractivity contribution in [1.82, 2.24) is 5.32 Å². The fourth-order valence-electron chi connectivity index (χ4n) is 1.53. The molecule has 1 nitrogen and oxygen atoms in total. The van der Waals surface area contributed by atoms with E-state index in [1.807, 2.05) is 12.1 Å². The van der Waals surface area contributed by atoms with E-state index in [0.29, 0.717) is 5.41 Å². The first-order valence-electron chi connectivity index (χ1n) is 5.87. The highest BCUT2D eigenvalue weighted by Crippen LogP contribution is 2.18. The number of rotatable bonds is 4. The van der Waals surface area contributed by atoms with Gasteiger partial charge < -0.3 is 5.32 Å². The first kappa shape index (κ1) is 13.2. The van der Waals surface area contributed by atoms with E-state index < -0.39 is 0 Å². The Hall–Kier alpha value is -0.890. The monoisotopic (exact) mass is 223 g/mol. The molecule has 1 aromatic rings. The molecule has 0 saturated heterocycles. The van der Waals surface area contributed by atoms with Gasteiger partial charge in [0.25, 0.3) is 0 Å². The van der Waals surface area contributed by atoms with E-state index in [-0.39, 0.29) is 11.9 Å². The van der Waals surface area contributed by atoms with Gasteiger partial charge >= 0.3 is 0 Å². The summed E-state index contributed by atoms with van der Waals surface area (Å²) in [6, 6.07) is 6.98. The van der Waals surface area contributed by atoms with Crippen LogP contribution in [0.25, 0.3) is 0 Å². The van der Waals surface area contributed by atoms with Crippen LogP contribution >= 0.6 is 0 Å². The summed E-state index contributed by atoms with van der Waals surface area (Å²) in [7, 11) is 0. The molecular formula is C14H22FN. The highest BCUT2D eigenvalue weighted by atomic mass is 19.1. The molecule has 0 aliphatic heterocycles. The number of nitrogens with one attached hydrogen (secondary N) is 1. The molecule has 16 heavy (non-hydrogen) atoms. The van der Waals surface area contributed by atoms with Gasteiger partial charge in [0.1, 0.15) is 5.82 Å². The van der Waals surface area contributed by atoms with Crippen molar-refractivity contribution in [1.29, 1.82) is 0 Å². The SMILES string of the molecule is CC(NCCC(C)(C)C)c1ccc(F)cc1. The van der Waals surface area contributed by atoms with E-state index >= 15 is 0 Å². The maximum atomic E-state index is 12.7. The van der Waals surface area contributed by atoms with E-state index in [0.717, 1.165) is 18.5 Å². The van der Waals surface area contributed by atoms with Crippen molar-refractivity contribution in [2.24, 2.45) is 5.41 Å². The summed E-state index contributed by atoms with van der Waals surface area (Å²) in [6.45, 7) is 9.80. The van der Waals surface area contributed by atoms with Gasteiger partial charge in [-0.2, -0.15) is 0 Å². The van der Waals surface area contributed by atoms with Crippen LogP contribution in [0.15, 0.2) is 24.3 Å². The number of benzene rings is 1. The van der Waals surface area contributed by atoms with E-state index in [4.69, 9.17) is 0 Å². The van der Waals surface area contributed by atoms with Gasteiger partial charge in [0.05, 0.1) is 0 Å². The molecule has 0 radical (unpaired) electrons. The second-order valence-corrected chi connectivity index (χ2v) is 5.54. The largest absolute Gasteiger partial charge is 0.310 e. The Morgan fingerprint density at radius 2 is 1.75 bits per heavy atom. The quantitative estimate of drug-likeness (QED) is 0.816. The van der Waals surface area contributed by atoms with Crippen LogP contribution in [0, 0.1) is 11.2 Å². The molecule has 0 aliphatic rings. The van der Waals surface area contributed by atoms with Gasteiger partial charge in [-0.3, -0.25) is 0 Å². The maximum Gasteiger partial charge on any atom is 0.123 e. The van der Waals surface area contributed by atoms with Gasteiger partial charge in [0.2, 0.25) is 0 Å². The first-order chi connectivity index (χ1) is 7.38. The molecule has 1 aromatic carbocycles. The van der Waals surface area contributed by atoms with Crippen molar-refractivity contribution in [3.05, 3.63) is 35.6 Å². The fraction of sp³-hybridized carbons (Fsp3) is 0.571. The Bertz CT molecular complexity index is 311. The van der Waals surface area contributed by atoms with E-state index in [9.17, 15) is 4.39 Å². The van der Waals surface area contributed by atoms with Crippen LogP contribution in [0.1, 0.15) is 45.7 Å². The van der Waals surface area contributed by atoms with Crippen molar-refractivity contribution < 1.29 is 4.39 Å². The Kier molecular flexibility index (Phi) is 4.48. The Morgan fingerprint density at radius 3 is 2.25 bits per heavy atom. The van der Waals surface area contributed by atoms with Crippen LogP contribution in [0.4, 0.5) is 4.39 Å². The summed E-state index contributed by atoms with van der Waals surface area (Å²) in [5.41, 5.74) is 1.49. The van der Waals surface area contributed by atoms with Crippen molar-refractivity contribution in [3.63, 3.8) is 0 Å². The van der Waals surface area contributed by atoms with Gasteiger partial charge in [-0.25, -0.2) is 4.39 Å².